The molecule has 0 saturated heterocycles. The van der Waals surface area contributed by atoms with Crippen LogP contribution in [0.5, 0.6) is 0 Å². The maximum Gasteiger partial charge on any atom is 0.241 e. The Kier molecular flexibility index (Phi) is 5.23. The van der Waals surface area contributed by atoms with Crippen molar-refractivity contribution in [3.05, 3.63) is 65.2 Å². The van der Waals surface area contributed by atoms with Gasteiger partial charge in [-0.15, -0.1) is 0 Å². The lowest BCUT2D eigenvalue weighted by Crippen LogP contribution is -2.41. The molecule has 1 aliphatic heterocycles. The van der Waals surface area contributed by atoms with Crippen molar-refractivity contribution in [2.24, 2.45) is 5.73 Å². The molecule has 130 valence electrons. The van der Waals surface area contributed by atoms with Crippen LogP contribution in [0.1, 0.15) is 29.0 Å². The Balaban J connectivity index is 2.05. The third kappa shape index (κ3) is 3.93. The van der Waals surface area contributed by atoms with Gasteiger partial charge in [-0.05, 0) is 48.4 Å². The van der Waals surface area contributed by atoms with E-state index >= 15 is 0 Å². The van der Waals surface area contributed by atoms with Gasteiger partial charge in [-0.3, -0.25) is 9.59 Å². The van der Waals surface area contributed by atoms with Crippen molar-refractivity contribution >= 4 is 33.4 Å². The predicted molar refractivity (Wildman–Crippen MR) is 103 cm³/mol. The summed E-state index contributed by atoms with van der Waals surface area (Å²) in [6, 6.07) is 16.4. The highest BCUT2D eigenvalue weighted by Gasteiger charge is 2.34. The summed E-state index contributed by atoms with van der Waals surface area (Å²) in [6.07, 6.45) is 1.52. The molecule has 1 heterocycles. The van der Waals surface area contributed by atoms with Crippen LogP contribution in [0, 0.1) is 6.92 Å². The summed E-state index contributed by atoms with van der Waals surface area (Å²) >= 11 is 3.52. The molecule has 0 radical (unpaired) electrons. The lowest BCUT2D eigenvalue weighted by Gasteiger charge is -2.24. The minimum absolute atomic E-state index is 0.102. The van der Waals surface area contributed by atoms with Crippen molar-refractivity contribution in [2.75, 3.05) is 11.4 Å². The first-order valence-electron chi connectivity index (χ1n) is 8.34. The van der Waals surface area contributed by atoms with Crippen LogP contribution >= 0.6 is 15.9 Å². The fourth-order valence-corrected chi connectivity index (χ4v) is 4.11. The molecular formula is C20H21BrN2O2. The summed E-state index contributed by atoms with van der Waals surface area (Å²) in [7, 11) is 0. The Morgan fingerprint density at radius 2 is 1.96 bits per heavy atom. The number of rotatable bonds is 4. The molecular weight excluding hydrogens is 380 g/mol. The van der Waals surface area contributed by atoms with Gasteiger partial charge in [0.25, 0.3) is 0 Å². The summed E-state index contributed by atoms with van der Waals surface area (Å²) in [5, 5.41) is 0. The standard InChI is InChI=1S/C20H21BrN2O2/c1-13-7-8-16-15(10-14-5-3-2-4-6-14)11-17(21)20(25)23(12-19(22)24)18(16)9-13/h2-9,15,17H,10-12H2,1H3,(H2,22,24). The molecule has 2 aromatic rings. The number of alkyl halides is 1. The first kappa shape index (κ1) is 17.7. The number of primary amides is 1. The topological polar surface area (TPSA) is 63.4 Å². The molecule has 25 heavy (non-hydrogen) atoms. The highest BCUT2D eigenvalue weighted by molar-refractivity contribution is 9.10. The first-order chi connectivity index (χ1) is 12.0. The Bertz CT molecular complexity index is 792. The second-order valence-corrected chi connectivity index (χ2v) is 7.65. The van der Waals surface area contributed by atoms with Crippen LogP contribution in [0.25, 0.3) is 0 Å². The van der Waals surface area contributed by atoms with Crippen molar-refractivity contribution in [2.45, 2.75) is 30.5 Å². The van der Waals surface area contributed by atoms with Crippen molar-refractivity contribution in [1.82, 2.24) is 0 Å². The average Bonchev–Trinajstić information content (AvgIpc) is 2.66. The van der Waals surface area contributed by atoms with Crippen molar-refractivity contribution in [3.8, 4) is 0 Å². The molecule has 0 aliphatic carbocycles. The summed E-state index contributed by atoms with van der Waals surface area (Å²) in [4.78, 5) is 25.5. The number of amides is 2. The zero-order valence-corrected chi connectivity index (χ0v) is 15.7. The minimum Gasteiger partial charge on any atom is -0.368 e. The summed E-state index contributed by atoms with van der Waals surface area (Å²) in [5.41, 5.74) is 9.55. The number of fused-ring (bicyclic) bond motifs is 1. The SMILES string of the molecule is Cc1ccc2c(c1)N(CC(N)=O)C(=O)C(Br)CC2Cc1ccccc1. The molecule has 3 rings (SSSR count). The number of benzene rings is 2. The molecule has 0 bridgehead atoms. The van der Waals surface area contributed by atoms with E-state index in [0.29, 0.717) is 6.42 Å². The number of nitrogens with two attached hydrogens (primary N) is 1. The van der Waals surface area contributed by atoms with Crippen LogP contribution in [0.15, 0.2) is 48.5 Å². The number of halogens is 1. The van der Waals surface area contributed by atoms with Crippen LogP contribution in [-0.4, -0.2) is 23.2 Å². The van der Waals surface area contributed by atoms with Gasteiger partial charge >= 0.3 is 0 Å². The van der Waals surface area contributed by atoms with Gasteiger partial charge in [-0.2, -0.15) is 0 Å². The minimum atomic E-state index is -0.512. The molecule has 2 amide bonds. The van der Waals surface area contributed by atoms with Gasteiger partial charge in [-0.25, -0.2) is 0 Å². The molecule has 1 aliphatic rings. The van der Waals surface area contributed by atoms with Gasteiger partial charge < -0.3 is 10.6 Å². The lowest BCUT2D eigenvalue weighted by atomic mass is 9.87. The maximum absolute atomic E-state index is 12.8. The highest BCUT2D eigenvalue weighted by atomic mass is 79.9. The van der Waals surface area contributed by atoms with Gasteiger partial charge in [-0.1, -0.05) is 58.4 Å². The van der Waals surface area contributed by atoms with Crippen LogP contribution in [0.4, 0.5) is 5.69 Å². The molecule has 4 nitrogen and oxygen atoms in total. The second kappa shape index (κ2) is 7.40. The monoisotopic (exact) mass is 400 g/mol. The largest absolute Gasteiger partial charge is 0.368 e. The van der Waals surface area contributed by atoms with E-state index in [9.17, 15) is 9.59 Å². The van der Waals surface area contributed by atoms with E-state index < -0.39 is 5.91 Å². The molecule has 0 fully saturated rings. The van der Waals surface area contributed by atoms with Crippen LogP contribution < -0.4 is 10.6 Å². The summed E-state index contributed by atoms with van der Waals surface area (Å²) in [6.45, 7) is 1.88. The average molecular weight is 401 g/mol. The van der Waals surface area contributed by atoms with E-state index in [1.807, 2.05) is 31.2 Å². The highest BCUT2D eigenvalue weighted by Crippen LogP contribution is 2.39. The van der Waals surface area contributed by atoms with Crippen LogP contribution in [-0.2, 0) is 16.0 Å². The Morgan fingerprint density at radius 1 is 1.24 bits per heavy atom. The zero-order valence-electron chi connectivity index (χ0n) is 14.1. The number of carbonyl (C=O) groups excluding carboxylic acids is 2. The number of nitrogens with zero attached hydrogens (tertiary/aromatic N) is 1. The number of hydrogen-bond donors (Lipinski definition) is 1. The van der Waals surface area contributed by atoms with E-state index in [4.69, 9.17) is 5.73 Å². The quantitative estimate of drug-likeness (QED) is 0.800. The molecule has 0 spiro atoms. The van der Waals surface area contributed by atoms with E-state index in [1.165, 1.54) is 10.5 Å². The van der Waals surface area contributed by atoms with Gasteiger partial charge in [0.05, 0.1) is 4.83 Å². The normalized spacial score (nSPS) is 20.1. The summed E-state index contributed by atoms with van der Waals surface area (Å²) in [5.74, 6) is -0.438. The zero-order chi connectivity index (χ0) is 18.0. The number of aryl methyl sites for hydroxylation is 1. The molecule has 0 aromatic heterocycles. The molecule has 2 N–H and O–H groups in total. The van der Waals surface area contributed by atoms with Gasteiger partial charge in [0.1, 0.15) is 6.54 Å². The Morgan fingerprint density at radius 3 is 2.64 bits per heavy atom. The third-order valence-electron chi connectivity index (χ3n) is 4.58. The van der Waals surface area contributed by atoms with Crippen molar-refractivity contribution in [1.29, 1.82) is 0 Å². The Hall–Kier alpha value is -2.14. The van der Waals surface area contributed by atoms with Crippen molar-refractivity contribution in [3.63, 3.8) is 0 Å². The lowest BCUT2D eigenvalue weighted by molar-refractivity contribution is -0.122. The molecule has 2 aromatic carbocycles. The third-order valence-corrected chi connectivity index (χ3v) is 5.35. The maximum atomic E-state index is 12.8. The molecule has 5 heteroatoms. The predicted octanol–water partition coefficient (Wildman–Crippen LogP) is 3.31. The molecule has 2 atom stereocenters. The Labute approximate surface area is 156 Å². The molecule has 2 unspecified atom stereocenters. The number of carbonyl (C=O) groups is 2. The van der Waals surface area contributed by atoms with E-state index in [0.717, 1.165) is 23.2 Å². The van der Waals surface area contributed by atoms with Gasteiger partial charge in [0.15, 0.2) is 0 Å². The van der Waals surface area contributed by atoms with E-state index in [-0.39, 0.29) is 23.2 Å². The second-order valence-electron chi connectivity index (χ2n) is 6.54. The smallest absolute Gasteiger partial charge is 0.241 e. The number of anilines is 1. The molecule has 0 saturated carbocycles. The summed E-state index contributed by atoms with van der Waals surface area (Å²) < 4.78 is 0. The van der Waals surface area contributed by atoms with Crippen LogP contribution in [0.3, 0.4) is 0 Å². The first-order valence-corrected chi connectivity index (χ1v) is 9.25. The fraction of sp³-hybridized carbons (Fsp3) is 0.300. The van der Waals surface area contributed by atoms with Gasteiger partial charge in [0, 0.05) is 5.69 Å². The fourth-order valence-electron chi connectivity index (χ4n) is 3.41. The van der Waals surface area contributed by atoms with Crippen molar-refractivity contribution < 1.29 is 9.59 Å². The van der Waals surface area contributed by atoms with E-state index in [2.05, 4.69) is 40.2 Å². The van der Waals surface area contributed by atoms with Crippen LogP contribution in [0.2, 0.25) is 0 Å². The van der Waals surface area contributed by atoms with Gasteiger partial charge in [0.2, 0.25) is 11.8 Å². The van der Waals surface area contributed by atoms with E-state index in [1.54, 1.807) is 0 Å². The number of hydrogen-bond acceptors (Lipinski definition) is 2.